The van der Waals surface area contributed by atoms with Gasteiger partial charge in [0.25, 0.3) is 0 Å². The molecule has 0 aromatic heterocycles. The van der Waals surface area contributed by atoms with Crippen molar-refractivity contribution in [2.75, 3.05) is 26.2 Å². The van der Waals surface area contributed by atoms with E-state index in [1.165, 1.54) is 0 Å². The van der Waals surface area contributed by atoms with E-state index in [0.717, 1.165) is 31.5 Å². The van der Waals surface area contributed by atoms with E-state index in [1.54, 1.807) is 0 Å². The second-order valence-electron chi connectivity index (χ2n) is 5.09. The Bertz CT molecular complexity index is 450. The monoisotopic (exact) mass is 275 g/mol. The van der Waals surface area contributed by atoms with Crippen LogP contribution < -0.4 is 0 Å². The molecule has 0 unspecified atom stereocenters. The summed E-state index contributed by atoms with van der Waals surface area (Å²) in [4.78, 5) is 25.8. The minimum atomic E-state index is -0.180. The number of benzene rings is 1. The van der Waals surface area contributed by atoms with Crippen LogP contribution in [-0.4, -0.2) is 42.9 Å². The maximum absolute atomic E-state index is 12.3. The number of esters is 1. The predicted molar refractivity (Wildman–Crippen MR) is 76.6 cm³/mol. The molecule has 0 atom stereocenters. The van der Waals surface area contributed by atoms with Crippen LogP contribution in [0.1, 0.15) is 30.1 Å². The van der Waals surface area contributed by atoms with E-state index in [-0.39, 0.29) is 17.7 Å². The third-order valence-corrected chi connectivity index (χ3v) is 3.67. The molecule has 1 fully saturated rings. The van der Waals surface area contributed by atoms with Crippen LogP contribution in [0.2, 0.25) is 0 Å². The number of carbonyl (C=O) groups is 2. The Morgan fingerprint density at radius 2 is 1.85 bits per heavy atom. The predicted octanol–water partition coefficient (Wildman–Crippen LogP) is 2.14. The summed E-state index contributed by atoms with van der Waals surface area (Å²) in [5.41, 5.74) is 0.788. The number of rotatable bonds is 5. The van der Waals surface area contributed by atoms with Crippen molar-refractivity contribution in [3.63, 3.8) is 0 Å². The topological polar surface area (TPSA) is 46.6 Å². The summed E-state index contributed by atoms with van der Waals surface area (Å²) in [5, 5.41) is 0. The number of nitrogens with zero attached hydrogens (tertiary/aromatic N) is 1. The lowest BCUT2D eigenvalue weighted by Gasteiger charge is -2.30. The summed E-state index contributed by atoms with van der Waals surface area (Å²) in [5.74, 6) is 0.123. The van der Waals surface area contributed by atoms with Gasteiger partial charge in [-0.2, -0.15) is 0 Å². The molecule has 2 rings (SSSR count). The van der Waals surface area contributed by atoms with Crippen LogP contribution in [0.3, 0.4) is 0 Å². The Balaban J connectivity index is 1.82. The van der Waals surface area contributed by atoms with Crippen molar-refractivity contribution in [2.24, 2.45) is 5.92 Å². The van der Waals surface area contributed by atoms with Gasteiger partial charge in [-0.3, -0.25) is 14.5 Å². The molecule has 0 amide bonds. The Morgan fingerprint density at radius 1 is 1.20 bits per heavy atom. The van der Waals surface area contributed by atoms with Gasteiger partial charge in [0, 0.05) is 11.5 Å². The molecule has 108 valence electrons. The minimum Gasteiger partial charge on any atom is -0.465 e. The SMILES string of the molecule is CCOC(=O)CN1CCC(C(=O)c2ccccc2)CC1. The fourth-order valence-corrected chi connectivity index (χ4v) is 2.58. The average molecular weight is 275 g/mol. The van der Waals surface area contributed by atoms with E-state index >= 15 is 0 Å². The molecule has 4 nitrogen and oxygen atoms in total. The normalized spacial score (nSPS) is 16.9. The molecule has 0 N–H and O–H groups in total. The molecule has 0 radical (unpaired) electrons. The third-order valence-electron chi connectivity index (χ3n) is 3.67. The Labute approximate surface area is 119 Å². The van der Waals surface area contributed by atoms with Gasteiger partial charge in [0.05, 0.1) is 13.2 Å². The molecule has 0 spiro atoms. The fraction of sp³-hybridized carbons (Fsp3) is 0.500. The first-order chi connectivity index (χ1) is 9.70. The van der Waals surface area contributed by atoms with E-state index in [4.69, 9.17) is 4.74 Å². The van der Waals surface area contributed by atoms with Gasteiger partial charge < -0.3 is 4.74 Å². The van der Waals surface area contributed by atoms with Gasteiger partial charge in [-0.05, 0) is 32.9 Å². The molecular weight excluding hydrogens is 254 g/mol. The van der Waals surface area contributed by atoms with Crippen LogP contribution in [-0.2, 0) is 9.53 Å². The summed E-state index contributed by atoms with van der Waals surface area (Å²) >= 11 is 0. The number of ether oxygens (including phenoxy) is 1. The molecule has 1 saturated heterocycles. The summed E-state index contributed by atoms with van der Waals surface area (Å²) in [6, 6.07) is 9.44. The average Bonchev–Trinajstić information content (AvgIpc) is 2.48. The van der Waals surface area contributed by atoms with Crippen molar-refractivity contribution in [1.29, 1.82) is 0 Å². The highest BCUT2D eigenvalue weighted by molar-refractivity contribution is 5.97. The number of Topliss-reactive ketones (excluding diaryl/α,β-unsaturated/α-hetero) is 1. The molecule has 1 aliphatic heterocycles. The van der Waals surface area contributed by atoms with E-state index in [2.05, 4.69) is 4.90 Å². The first kappa shape index (κ1) is 14.7. The highest BCUT2D eigenvalue weighted by atomic mass is 16.5. The number of piperidine rings is 1. The summed E-state index contributed by atoms with van der Waals surface area (Å²) < 4.78 is 4.94. The zero-order valence-corrected chi connectivity index (χ0v) is 11.9. The van der Waals surface area contributed by atoms with E-state index in [1.807, 2.05) is 37.3 Å². The van der Waals surface area contributed by atoms with Crippen LogP contribution >= 0.6 is 0 Å². The minimum absolute atomic E-state index is 0.0795. The van der Waals surface area contributed by atoms with Gasteiger partial charge in [-0.15, -0.1) is 0 Å². The van der Waals surface area contributed by atoms with Crippen molar-refractivity contribution < 1.29 is 14.3 Å². The van der Waals surface area contributed by atoms with E-state index in [9.17, 15) is 9.59 Å². The molecule has 0 bridgehead atoms. The number of ketones is 1. The van der Waals surface area contributed by atoms with Gasteiger partial charge in [0.15, 0.2) is 5.78 Å². The summed E-state index contributed by atoms with van der Waals surface area (Å²) in [6.07, 6.45) is 1.63. The zero-order chi connectivity index (χ0) is 14.4. The Kier molecular flexibility index (Phi) is 5.30. The van der Waals surface area contributed by atoms with Crippen LogP contribution in [0.5, 0.6) is 0 Å². The van der Waals surface area contributed by atoms with Crippen molar-refractivity contribution in [3.8, 4) is 0 Å². The lowest BCUT2D eigenvalue weighted by atomic mass is 9.89. The largest absolute Gasteiger partial charge is 0.465 e. The second kappa shape index (κ2) is 7.20. The molecule has 20 heavy (non-hydrogen) atoms. The third kappa shape index (κ3) is 3.90. The highest BCUT2D eigenvalue weighted by Crippen LogP contribution is 2.21. The van der Waals surface area contributed by atoms with Crippen LogP contribution in [0.15, 0.2) is 30.3 Å². The molecular formula is C16H21NO3. The molecule has 4 heteroatoms. The quantitative estimate of drug-likeness (QED) is 0.610. The van der Waals surface area contributed by atoms with Gasteiger partial charge in [0.1, 0.15) is 0 Å². The molecule has 1 aromatic carbocycles. The van der Waals surface area contributed by atoms with Gasteiger partial charge in [-0.1, -0.05) is 30.3 Å². The van der Waals surface area contributed by atoms with Gasteiger partial charge in [-0.25, -0.2) is 0 Å². The Hall–Kier alpha value is -1.68. The van der Waals surface area contributed by atoms with E-state index in [0.29, 0.717) is 13.2 Å². The standard InChI is InChI=1S/C16H21NO3/c1-2-20-15(18)12-17-10-8-14(9-11-17)16(19)13-6-4-3-5-7-13/h3-7,14H,2,8-12H2,1H3. The molecule has 1 aromatic rings. The first-order valence-corrected chi connectivity index (χ1v) is 7.18. The van der Waals surface area contributed by atoms with Crippen LogP contribution in [0.25, 0.3) is 0 Å². The summed E-state index contributed by atoms with van der Waals surface area (Å²) in [7, 11) is 0. The van der Waals surface area contributed by atoms with Crippen LogP contribution in [0, 0.1) is 5.92 Å². The van der Waals surface area contributed by atoms with E-state index < -0.39 is 0 Å². The van der Waals surface area contributed by atoms with Crippen molar-refractivity contribution >= 4 is 11.8 Å². The van der Waals surface area contributed by atoms with Crippen LogP contribution in [0.4, 0.5) is 0 Å². The first-order valence-electron chi connectivity index (χ1n) is 7.18. The smallest absolute Gasteiger partial charge is 0.320 e. The molecule has 1 aliphatic rings. The van der Waals surface area contributed by atoms with Crippen molar-refractivity contribution in [2.45, 2.75) is 19.8 Å². The molecule has 0 saturated carbocycles. The highest BCUT2D eigenvalue weighted by Gasteiger charge is 2.26. The second-order valence-corrected chi connectivity index (χ2v) is 5.09. The van der Waals surface area contributed by atoms with Crippen molar-refractivity contribution in [3.05, 3.63) is 35.9 Å². The fourth-order valence-electron chi connectivity index (χ4n) is 2.58. The lowest BCUT2D eigenvalue weighted by molar-refractivity contribution is -0.144. The summed E-state index contributed by atoms with van der Waals surface area (Å²) in [6.45, 7) is 4.12. The Morgan fingerprint density at radius 3 is 2.45 bits per heavy atom. The van der Waals surface area contributed by atoms with Gasteiger partial charge >= 0.3 is 5.97 Å². The maximum atomic E-state index is 12.3. The number of hydrogen-bond acceptors (Lipinski definition) is 4. The number of hydrogen-bond donors (Lipinski definition) is 0. The molecule has 1 heterocycles. The molecule has 0 aliphatic carbocycles. The zero-order valence-electron chi connectivity index (χ0n) is 11.9. The van der Waals surface area contributed by atoms with Crippen molar-refractivity contribution in [1.82, 2.24) is 4.90 Å². The number of likely N-dealkylation sites (tertiary alicyclic amines) is 1. The lowest BCUT2D eigenvalue weighted by Crippen LogP contribution is -2.39. The number of carbonyl (C=O) groups excluding carboxylic acids is 2. The maximum Gasteiger partial charge on any atom is 0.320 e. The van der Waals surface area contributed by atoms with Gasteiger partial charge in [0.2, 0.25) is 0 Å².